The number of aromatic nitrogens is 3. The molecule has 2 aromatic heterocycles. The second kappa shape index (κ2) is 8.37. The van der Waals surface area contributed by atoms with Crippen LogP contribution in [0.1, 0.15) is 23.3 Å². The molecule has 2 aliphatic rings. The van der Waals surface area contributed by atoms with E-state index in [2.05, 4.69) is 37.3 Å². The van der Waals surface area contributed by atoms with Crippen molar-refractivity contribution in [2.24, 2.45) is 0 Å². The number of rotatable bonds is 6. The maximum atomic E-state index is 12.6. The lowest BCUT2D eigenvalue weighted by Gasteiger charge is -2.32. The molecule has 0 aromatic carbocycles. The molecule has 0 saturated carbocycles. The number of nitrogens with one attached hydrogen (secondary N) is 1. The number of amides is 1. The number of nitrogens with zero attached hydrogens (tertiary/aromatic N) is 6. The minimum Gasteiger partial charge on any atom is -0.349 e. The fourth-order valence-electron chi connectivity index (χ4n) is 3.56. The molecule has 1 amide bonds. The Balaban J connectivity index is 1.34. The zero-order valence-electron chi connectivity index (χ0n) is 15.8. The highest BCUT2D eigenvalue weighted by atomic mass is 32.1. The molecule has 2 fully saturated rings. The molecule has 8 nitrogen and oxygen atoms in total. The predicted octanol–water partition coefficient (Wildman–Crippen LogP) is 0.906. The topological polar surface area (TPSA) is 69.5 Å². The lowest BCUT2D eigenvalue weighted by Crippen LogP contribution is -2.47. The summed E-state index contributed by atoms with van der Waals surface area (Å²) in [6, 6.07) is 3.72. The van der Waals surface area contributed by atoms with E-state index in [9.17, 15) is 4.79 Å². The summed E-state index contributed by atoms with van der Waals surface area (Å²) in [5.74, 6) is -0.0629. The van der Waals surface area contributed by atoms with E-state index in [-0.39, 0.29) is 5.91 Å². The summed E-state index contributed by atoms with van der Waals surface area (Å²) in [5.41, 5.74) is 0.609. The van der Waals surface area contributed by atoms with Crippen molar-refractivity contribution in [2.45, 2.75) is 12.8 Å². The molecule has 9 heteroatoms. The summed E-state index contributed by atoms with van der Waals surface area (Å²) < 4.78 is 1.84. The van der Waals surface area contributed by atoms with Gasteiger partial charge in [-0.05, 0) is 32.0 Å². The summed E-state index contributed by atoms with van der Waals surface area (Å²) in [4.78, 5) is 19.6. The molecule has 4 heterocycles. The molecule has 2 aliphatic heterocycles. The minimum atomic E-state index is -0.0629. The van der Waals surface area contributed by atoms with E-state index >= 15 is 0 Å². The van der Waals surface area contributed by atoms with Gasteiger partial charge >= 0.3 is 0 Å². The summed E-state index contributed by atoms with van der Waals surface area (Å²) in [6.45, 7) is 7.93. The van der Waals surface area contributed by atoms with E-state index in [1.165, 1.54) is 24.2 Å². The van der Waals surface area contributed by atoms with Crippen molar-refractivity contribution in [2.75, 3.05) is 64.3 Å². The summed E-state index contributed by atoms with van der Waals surface area (Å²) in [6.07, 6.45) is 4.29. The Morgan fingerprint density at radius 3 is 2.63 bits per heavy atom. The number of hydrogen-bond acceptors (Lipinski definition) is 7. The van der Waals surface area contributed by atoms with E-state index in [1.54, 1.807) is 0 Å². The molecule has 27 heavy (non-hydrogen) atoms. The molecule has 0 spiro atoms. The third kappa shape index (κ3) is 4.31. The third-order valence-electron chi connectivity index (χ3n) is 5.28. The molecule has 0 bridgehead atoms. The standard InChI is InChI=1S/C18H27N7OS/c1-22-11-13-23(14-12-22)10-6-19-16(26)15-5-4-9-25(15)18-21-20-17(27-18)24-7-2-3-8-24/h4-5,9H,2-3,6-8,10-14H2,1H3,(H,19,26). The highest BCUT2D eigenvalue weighted by Crippen LogP contribution is 2.27. The fraction of sp³-hybridized carbons (Fsp3) is 0.611. The van der Waals surface area contributed by atoms with Crippen LogP contribution in [-0.4, -0.2) is 89.9 Å². The Morgan fingerprint density at radius 2 is 1.85 bits per heavy atom. The maximum absolute atomic E-state index is 12.6. The molecule has 4 rings (SSSR count). The van der Waals surface area contributed by atoms with E-state index in [0.717, 1.165) is 56.1 Å². The Morgan fingerprint density at radius 1 is 1.11 bits per heavy atom. The number of piperazine rings is 1. The molecule has 146 valence electrons. The number of likely N-dealkylation sites (N-methyl/N-ethyl adjacent to an activating group) is 1. The maximum Gasteiger partial charge on any atom is 0.268 e. The van der Waals surface area contributed by atoms with Gasteiger partial charge in [-0.25, -0.2) is 0 Å². The number of carbonyl (C=O) groups excluding carboxylic acids is 1. The molecular formula is C18H27N7OS. The number of hydrogen-bond donors (Lipinski definition) is 1. The highest BCUT2D eigenvalue weighted by Gasteiger charge is 2.20. The molecule has 0 radical (unpaired) electrons. The number of anilines is 1. The first-order valence-electron chi connectivity index (χ1n) is 9.66. The Bertz CT molecular complexity index is 759. The van der Waals surface area contributed by atoms with Gasteiger partial charge in [-0.3, -0.25) is 14.3 Å². The van der Waals surface area contributed by atoms with Crippen LogP contribution in [0.5, 0.6) is 0 Å². The van der Waals surface area contributed by atoms with Gasteiger partial charge in [0.05, 0.1) is 0 Å². The van der Waals surface area contributed by atoms with Gasteiger partial charge in [0, 0.05) is 58.6 Å². The second-order valence-electron chi connectivity index (χ2n) is 7.23. The van der Waals surface area contributed by atoms with Crippen molar-refractivity contribution >= 4 is 22.4 Å². The largest absolute Gasteiger partial charge is 0.349 e. The zero-order valence-corrected chi connectivity index (χ0v) is 16.6. The molecule has 2 aromatic rings. The summed E-state index contributed by atoms with van der Waals surface area (Å²) in [5, 5.41) is 13.4. The Hall–Kier alpha value is -1.97. The van der Waals surface area contributed by atoms with Crippen molar-refractivity contribution in [1.82, 2.24) is 29.9 Å². The van der Waals surface area contributed by atoms with Crippen LogP contribution in [0.2, 0.25) is 0 Å². The van der Waals surface area contributed by atoms with Crippen molar-refractivity contribution in [3.05, 3.63) is 24.0 Å². The van der Waals surface area contributed by atoms with Crippen LogP contribution in [0.4, 0.5) is 5.13 Å². The average molecular weight is 390 g/mol. The van der Waals surface area contributed by atoms with Crippen LogP contribution >= 0.6 is 11.3 Å². The average Bonchev–Trinajstić information content (AvgIpc) is 3.42. The molecule has 2 saturated heterocycles. The van der Waals surface area contributed by atoms with Crippen molar-refractivity contribution < 1.29 is 4.79 Å². The Labute approximate surface area is 163 Å². The lowest BCUT2D eigenvalue weighted by molar-refractivity contribution is 0.0934. The van der Waals surface area contributed by atoms with Gasteiger partial charge in [0.25, 0.3) is 5.91 Å². The Kier molecular flexibility index (Phi) is 5.70. The fourth-order valence-corrected chi connectivity index (χ4v) is 4.46. The minimum absolute atomic E-state index is 0.0629. The molecule has 0 atom stereocenters. The van der Waals surface area contributed by atoms with Gasteiger partial charge in [-0.15, -0.1) is 10.2 Å². The van der Waals surface area contributed by atoms with Crippen LogP contribution in [-0.2, 0) is 0 Å². The van der Waals surface area contributed by atoms with Crippen LogP contribution < -0.4 is 10.2 Å². The van der Waals surface area contributed by atoms with Gasteiger partial charge in [-0.2, -0.15) is 0 Å². The molecule has 0 unspecified atom stereocenters. The SMILES string of the molecule is CN1CCN(CCNC(=O)c2cccn2-c2nnc(N3CCCC3)s2)CC1. The van der Waals surface area contributed by atoms with Gasteiger partial charge in [0.15, 0.2) is 0 Å². The van der Waals surface area contributed by atoms with E-state index in [4.69, 9.17) is 0 Å². The second-order valence-corrected chi connectivity index (χ2v) is 8.16. The summed E-state index contributed by atoms with van der Waals surface area (Å²) in [7, 11) is 2.15. The predicted molar refractivity (Wildman–Crippen MR) is 107 cm³/mol. The van der Waals surface area contributed by atoms with Crippen LogP contribution in [0.25, 0.3) is 5.13 Å². The normalized spacial score (nSPS) is 18.9. The van der Waals surface area contributed by atoms with Gasteiger partial charge in [0.2, 0.25) is 10.3 Å². The first kappa shape index (κ1) is 18.4. The number of carbonyl (C=O) groups is 1. The van der Waals surface area contributed by atoms with Gasteiger partial charge in [-0.1, -0.05) is 11.3 Å². The smallest absolute Gasteiger partial charge is 0.268 e. The van der Waals surface area contributed by atoms with Crippen molar-refractivity contribution in [3.8, 4) is 5.13 Å². The lowest BCUT2D eigenvalue weighted by atomic mass is 10.3. The third-order valence-corrected chi connectivity index (χ3v) is 6.26. The highest BCUT2D eigenvalue weighted by molar-refractivity contribution is 7.17. The van der Waals surface area contributed by atoms with Crippen LogP contribution in [0.15, 0.2) is 18.3 Å². The van der Waals surface area contributed by atoms with Gasteiger partial charge < -0.3 is 15.1 Å². The molecule has 0 aliphatic carbocycles. The quantitative estimate of drug-likeness (QED) is 0.792. The first-order chi connectivity index (χ1) is 13.2. The van der Waals surface area contributed by atoms with Crippen LogP contribution in [0, 0.1) is 0 Å². The van der Waals surface area contributed by atoms with Crippen LogP contribution in [0.3, 0.4) is 0 Å². The summed E-state index contributed by atoms with van der Waals surface area (Å²) >= 11 is 1.54. The molecular weight excluding hydrogens is 362 g/mol. The van der Waals surface area contributed by atoms with Crippen molar-refractivity contribution in [1.29, 1.82) is 0 Å². The molecule has 1 N–H and O–H groups in total. The first-order valence-corrected chi connectivity index (χ1v) is 10.5. The van der Waals surface area contributed by atoms with Crippen molar-refractivity contribution in [3.63, 3.8) is 0 Å². The zero-order chi connectivity index (χ0) is 18.6. The van der Waals surface area contributed by atoms with Gasteiger partial charge in [0.1, 0.15) is 5.69 Å². The van der Waals surface area contributed by atoms with E-state index in [1.807, 2.05) is 22.9 Å². The van der Waals surface area contributed by atoms with E-state index in [0.29, 0.717) is 12.2 Å². The van der Waals surface area contributed by atoms with E-state index < -0.39 is 0 Å². The monoisotopic (exact) mass is 389 g/mol.